The number of unbranched alkanes of at least 4 members (excludes halogenated alkanes) is 2. The minimum Gasteiger partial charge on any atom is -0.481 e. The summed E-state index contributed by atoms with van der Waals surface area (Å²) in [5.74, 6) is -3.96. The predicted octanol–water partition coefficient (Wildman–Crippen LogP) is 1.06. The first kappa shape index (κ1) is 19.7. The van der Waals surface area contributed by atoms with Gasteiger partial charge in [-0.15, -0.1) is 0 Å². The number of carbonyl (C=O) groups excluding carboxylic acids is 1. The molecule has 0 aromatic carbocycles. The smallest absolute Gasteiger partial charge is 0.408 e. The van der Waals surface area contributed by atoms with Crippen molar-refractivity contribution in [1.29, 1.82) is 0 Å². The highest BCUT2D eigenvalue weighted by atomic mass is 16.6. The summed E-state index contributed by atoms with van der Waals surface area (Å²) in [4.78, 5) is 43.8. The highest BCUT2D eigenvalue weighted by Gasteiger charge is 2.26. The number of aliphatic carboxylic acids is 3. The van der Waals surface area contributed by atoms with Crippen LogP contribution in [0.2, 0.25) is 0 Å². The molecule has 9 nitrogen and oxygen atoms in total. The molecule has 0 radical (unpaired) electrons. The summed E-state index contributed by atoms with van der Waals surface area (Å²) in [7, 11) is 0. The monoisotopic (exact) mass is 319 g/mol. The van der Waals surface area contributed by atoms with E-state index in [2.05, 4.69) is 10.1 Å². The largest absolute Gasteiger partial charge is 0.481 e. The molecule has 0 unspecified atom stereocenters. The van der Waals surface area contributed by atoms with E-state index in [1.54, 1.807) is 0 Å². The van der Waals surface area contributed by atoms with Crippen molar-refractivity contribution in [3.8, 4) is 0 Å². The van der Waals surface area contributed by atoms with E-state index in [1.165, 1.54) is 0 Å². The molecule has 0 saturated carbocycles. The molecule has 0 aliphatic rings. The van der Waals surface area contributed by atoms with Gasteiger partial charge in [-0.2, -0.15) is 0 Å². The van der Waals surface area contributed by atoms with Gasteiger partial charge in [-0.3, -0.25) is 4.79 Å². The van der Waals surface area contributed by atoms with Crippen LogP contribution < -0.4 is 5.32 Å². The van der Waals surface area contributed by atoms with Crippen LogP contribution in [0.4, 0.5) is 4.79 Å². The third-order valence-electron chi connectivity index (χ3n) is 2.83. The van der Waals surface area contributed by atoms with Crippen molar-refractivity contribution >= 4 is 24.0 Å². The Morgan fingerprint density at radius 1 is 1.00 bits per heavy atom. The fourth-order valence-electron chi connectivity index (χ4n) is 1.65. The quantitative estimate of drug-likeness (QED) is 0.413. The Morgan fingerprint density at radius 2 is 1.64 bits per heavy atom. The van der Waals surface area contributed by atoms with E-state index >= 15 is 0 Å². The molecule has 0 fully saturated rings. The third-order valence-corrected chi connectivity index (χ3v) is 2.83. The minimum absolute atomic E-state index is 0.200. The van der Waals surface area contributed by atoms with Gasteiger partial charge in [-0.25, -0.2) is 14.4 Å². The first-order valence-electron chi connectivity index (χ1n) is 6.92. The molecule has 9 heteroatoms. The van der Waals surface area contributed by atoms with Crippen LogP contribution in [0.3, 0.4) is 0 Å². The fourth-order valence-corrected chi connectivity index (χ4v) is 1.65. The maximum atomic E-state index is 11.5. The Balaban J connectivity index is 4.47. The second kappa shape index (κ2) is 10.4. The van der Waals surface area contributed by atoms with Gasteiger partial charge in [0.25, 0.3) is 0 Å². The van der Waals surface area contributed by atoms with Gasteiger partial charge in [0.05, 0.1) is 0 Å². The Bertz CT molecular complexity index is 409. The van der Waals surface area contributed by atoms with E-state index in [4.69, 9.17) is 15.3 Å². The summed E-state index contributed by atoms with van der Waals surface area (Å²) in [5.41, 5.74) is 0. The molecule has 1 amide bonds. The third kappa shape index (κ3) is 8.77. The van der Waals surface area contributed by atoms with Crippen LogP contribution >= 0.6 is 0 Å². The number of carboxylic acid groups (broad SMARTS) is 3. The van der Waals surface area contributed by atoms with Crippen LogP contribution in [0.5, 0.6) is 0 Å². The van der Waals surface area contributed by atoms with E-state index < -0.39 is 49.0 Å². The molecule has 2 atom stereocenters. The van der Waals surface area contributed by atoms with Crippen LogP contribution in [0.25, 0.3) is 0 Å². The first-order chi connectivity index (χ1) is 10.3. The molecular formula is C13H21NO8. The van der Waals surface area contributed by atoms with Crippen molar-refractivity contribution in [1.82, 2.24) is 5.32 Å². The zero-order valence-corrected chi connectivity index (χ0v) is 12.3. The molecule has 0 aromatic heterocycles. The lowest BCUT2D eigenvalue weighted by atomic mass is 10.1. The lowest BCUT2D eigenvalue weighted by molar-refractivity contribution is -0.148. The lowest BCUT2D eigenvalue weighted by Crippen LogP contribution is -2.43. The molecule has 22 heavy (non-hydrogen) atoms. The normalized spacial score (nSPS) is 13.0. The molecule has 0 aliphatic heterocycles. The molecule has 0 spiro atoms. The second-order valence-electron chi connectivity index (χ2n) is 4.70. The van der Waals surface area contributed by atoms with Crippen molar-refractivity contribution in [3.05, 3.63) is 0 Å². The number of carboxylic acids is 3. The summed E-state index contributed by atoms with van der Waals surface area (Å²) in [6, 6.07) is -1.17. The van der Waals surface area contributed by atoms with Crippen LogP contribution in [-0.4, -0.2) is 51.5 Å². The number of nitrogens with one attached hydrogen (secondary N) is 1. The fraction of sp³-hybridized carbons (Fsp3) is 0.692. The highest BCUT2D eigenvalue weighted by Crippen LogP contribution is 2.07. The molecule has 0 bridgehead atoms. The highest BCUT2D eigenvalue weighted by molar-refractivity contribution is 5.82. The average molecular weight is 319 g/mol. The minimum atomic E-state index is -1.64. The lowest BCUT2D eigenvalue weighted by Gasteiger charge is -2.17. The molecule has 0 aromatic rings. The standard InChI is InChI=1S/C13H21NO8/c1-2-3-4-5-8(11(17)18)14-13(21)22-9(12(19)20)6-7-10(15)16/h8-9H,2-7H2,1H3,(H,14,21)(H,15,16)(H,17,18)(H,19,20)/t8-,9-/m0/s1. The predicted molar refractivity (Wildman–Crippen MR) is 73.5 cm³/mol. The second-order valence-corrected chi connectivity index (χ2v) is 4.70. The van der Waals surface area contributed by atoms with E-state index in [-0.39, 0.29) is 6.42 Å². The van der Waals surface area contributed by atoms with Gasteiger partial charge in [0.2, 0.25) is 6.10 Å². The Hall–Kier alpha value is -2.32. The van der Waals surface area contributed by atoms with E-state index in [0.717, 1.165) is 12.8 Å². The maximum Gasteiger partial charge on any atom is 0.408 e. The van der Waals surface area contributed by atoms with Crippen molar-refractivity contribution in [2.24, 2.45) is 0 Å². The van der Waals surface area contributed by atoms with Crippen LogP contribution in [0, 0.1) is 0 Å². The van der Waals surface area contributed by atoms with Crippen LogP contribution in [0.15, 0.2) is 0 Å². The van der Waals surface area contributed by atoms with Gasteiger partial charge in [0.15, 0.2) is 0 Å². The van der Waals surface area contributed by atoms with Crippen LogP contribution in [0.1, 0.15) is 45.4 Å². The summed E-state index contributed by atoms with van der Waals surface area (Å²) in [5, 5.41) is 28.4. The van der Waals surface area contributed by atoms with Gasteiger partial charge < -0.3 is 25.4 Å². The Labute approximate surface area is 127 Å². The first-order valence-corrected chi connectivity index (χ1v) is 6.92. The van der Waals surface area contributed by atoms with Gasteiger partial charge >= 0.3 is 24.0 Å². The van der Waals surface area contributed by atoms with E-state index in [1.807, 2.05) is 6.92 Å². The van der Waals surface area contributed by atoms with E-state index in [9.17, 15) is 19.2 Å². The SMILES string of the molecule is CCCCC[C@H](NC(=O)O[C@@H](CCC(=O)O)C(=O)O)C(=O)O. The summed E-state index contributed by atoms with van der Waals surface area (Å²) >= 11 is 0. The van der Waals surface area contributed by atoms with Crippen molar-refractivity contribution in [2.75, 3.05) is 0 Å². The summed E-state index contributed by atoms with van der Waals surface area (Å²) in [6.07, 6.45) is -1.23. The molecule has 0 rings (SSSR count). The van der Waals surface area contributed by atoms with Crippen LogP contribution in [-0.2, 0) is 19.1 Å². The number of carbonyl (C=O) groups is 4. The summed E-state index contributed by atoms with van der Waals surface area (Å²) < 4.78 is 4.57. The van der Waals surface area contributed by atoms with Crippen molar-refractivity contribution in [3.63, 3.8) is 0 Å². The average Bonchev–Trinajstić information content (AvgIpc) is 2.41. The Kier molecular flexibility index (Phi) is 9.31. The van der Waals surface area contributed by atoms with Crippen molar-refractivity contribution < 1.29 is 39.2 Å². The Morgan fingerprint density at radius 3 is 2.09 bits per heavy atom. The number of hydrogen-bond donors (Lipinski definition) is 4. The maximum absolute atomic E-state index is 11.5. The number of ether oxygens (including phenoxy) is 1. The zero-order chi connectivity index (χ0) is 17.1. The zero-order valence-electron chi connectivity index (χ0n) is 12.3. The van der Waals surface area contributed by atoms with E-state index in [0.29, 0.717) is 6.42 Å². The van der Waals surface area contributed by atoms with Crippen molar-refractivity contribution in [2.45, 2.75) is 57.6 Å². The molecule has 126 valence electrons. The van der Waals surface area contributed by atoms with Gasteiger partial charge in [0.1, 0.15) is 6.04 Å². The molecule has 0 heterocycles. The number of rotatable bonds is 11. The van der Waals surface area contributed by atoms with Gasteiger partial charge in [0, 0.05) is 12.8 Å². The number of amides is 1. The molecule has 0 saturated heterocycles. The molecule has 0 aliphatic carbocycles. The summed E-state index contributed by atoms with van der Waals surface area (Å²) in [6.45, 7) is 1.94. The van der Waals surface area contributed by atoms with Gasteiger partial charge in [-0.1, -0.05) is 26.2 Å². The molecule has 4 N–H and O–H groups in total. The molecular weight excluding hydrogens is 298 g/mol. The number of alkyl carbamates (subject to hydrolysis) is 1. The number of hydrogen-bond acceptors (Lipinski definition) is 5. The van der Waals surface area contributed by atoms with Gasteiger partial charge in [-0.05, 0) is 6.42 Å². The topological polar surface area (TPSA) is 150 Å².